The number of pyridine rings is 1. The van der Waals surface area contributed by atoms with Crippen LogP contribution in [0, 0.1) is 19.8 Å². The van der Waals surface area contributed by atoms with Crippen LogP contribution in [0.3, 0.4) is 0 Å². The van der Waals surface area contributed by atoms with Crippen molar-refractivity contribution in [3.05, 3.63) is 83.7 Å². The third-order valence-electron chi connectivity index (χ3n) is 5.67. The van der Waals surface area contributed by atoms with E-state index in [1.807, 2.05) is 49.4 Å². The van der Waals surface area contributed by atoms with Gasteiger partial charge < -0.3 is 10.2 Å². The standard InChI is InChI=1S/C26H27N3O2/c1-18-7-3-9-20(15-18)21-10-5-12-23(16-21)28-25(30)22-11-6-14-29(17-22)26(31)24-13-4-8-19(2)27-24/h3-5,7-10,12-13,15-16,22H,6,11,14,17H2,1-2H3,(H,28,30). The first-order valence-corrected chi connectivity index (χ1v) is 10.7. The van der Waals surface area contributed by atoms with Crippen molar-refractivity contribution < 1.29 is 9.59 Å². The van der Waals surface area contributed by atoms with Gasteiger partial charge >= 0.3 is 0 Å². The highest BCUT2D eigenvalue weighted by Crippen LogP contribution is 2.25. The molecular formula is C26H27N3O2. The normalized spacial score (nSPS) is 16.1. The van der Waals surface area contributed by atoms with Crippen LogP contribution < -0.4 is 5.32 Å². The van der Waals surface area contributed by atoms with Crippen molar-refractivity contribution >= 4 is 17.5 Å². The van der Waals surface area contributed by atoms with Crippen LogP contribution in [0.5, 0.6) is 0 Å². The van der Waals surface area contributed by atoms with Gasteiger partial charge in [-0.3, -0.25) is 9.59 Å². The number of aryl methyl sites for hydroxylation is 2. The quantitative estimate of drug-likeness (QED) is 0.665. The molecule has 3 aromatic rings. The molecule has 0 saturated carbocycles. The van der Waals surface area contributed by atoms with Crippen LogP contribution in [-0.4, -0.2) is 34.8 Å². The highest BCUT2D eigenvalue weighted by molar-refractivity contribution is 5.95. The molecule has 4 rings (SSSR count). The predicted octanol–water partition coefficient (Wildman–Crippen LogP) is 4.86. The molecule has 5 nitrogen and oxygen atoms in total. The van der Waals surface area contributed by atoms with Crippen LogP contribution in [-0.2, 0) is 4.79 Å². The Balaban J connectivity index is 1.44. The van der Waals surface area contributed by atoms with E-state index in [1.165, 1.54) is 5.56 Å². The van der Waals surface area contributed by atoms with E-state index in [1.54, 1.807) is 11.0 Å². The maximum atomic E-state index is 13.0. The molecule has 1 saturated heterocycles. The Kier molecular flexibility index (Phi) is 6.12. The van der Waals surface area contributed by atoms with Crippen LogP contribution >= 0.6 is 0 Å². The third kappa shape index (κ3) is 5.00. The maximum absolute atomic E-state index is 13.0. The van der Waals surface area contributed by atoms with E-state index in [-0.39, 0.29) is 17.7 Å². The molecule has 5 heteroatoms. The van der Waals surface area contributed by atoms with Gasteiger partial charge in [0.05, 0.1) is 5.92 Å². The second-order valence-corrected chi connectivity index (χ2v) is 8.19. The summed E-state index contributed by atoms with van der Waals surface area (Å²) in [5, 5.41) is 3.05. The zero-order valence-corrected chi connectivity index (χ0v) is 18.0. The Hall–Kier alpha value is -3.47. The first-order valence-electron chi connectivity index (χ1n) is 10.7. The lowest BCUT2D eigenvalue weighted by molar-refractivity contribution is -0.121. The van der Waals surface area contributed by atoms with Gasteiger partial charge in [0.15, 0.2) is 0 Å². The fraction of sp³-hybridized carbons (Fsp3) is 0.269. The van der Waals surface area contributed by atoms with Gasteiger partial charge in [0.25, 0.3) is 5.91 Å². The Labute approximate surface area is 183 Å². The fourth-order valence-electron chi connectivity index (χ4n) is 4.05. The minimum absolute atomic E-state index is 0.0453. The first-order chi connectivity index (χ1) is 15.0. The van der Waals surface area contributed by atoms with Crippen LogP contribution in [0.2, 0.25) is 0 Å². The number of carbonyl (C=O) groups is 2. The summed E-state index contributed by atoms with van der Waals surface area (Å²) in [6, 6.07) is 21.6. The zero-order valence-electron chi connectivity index (χ0n) is 18.0. The Morgan fingerprint density at radius 2 is 1.71 bits per heavy atom. The fourth-order valence-corrected chi connectivity index (χ4v) is 4.05. The highest BCUT2D eigenvalue weighted by atomic mass is 16.2. The minimum atomic E-state index is -0.231. The third-order valence-corrected chi connectivity index (χ3v) is 5.67. The molecule has 1 unspecified atom stereocenters. The number of benzene rings is 2. The molecule has 158 valence electrons. The van der Waals surface area contributed by atoms with Crippen molar-refractivity contribution in [2.24, 2.45) is 5.92 Å². The topological polar surface area (TPSA) is 62.3 Å². The van der Waals surface area contributed by atoms with E-state index in [4.69, 9.17) is 0 Å². The van der Waals surface area contributed by atoms with E-state index in [2.05, 4.69) is 35.4 Å². The summed E-state index contributed by atoms with van der Waals surface area (Å²) in [6.45, 7) is 5.00. The van der Waals surface area contributed by atoms with Gasteiger partial charge in [-0.1, -0.05) is 48.0 Å². The molecule has 2 heterocycles. The summed E-state index contributed by atoms with van der Waals surface area (Å²) >= 11 is 0. The van der Waals surface area contributed by atoms with Crippen molar-refractivity contribution in [3.8, 4) is 11.1 Å². The Morgan fingerprint density at radius 3 is 2.48 bits per heavy atom. The van der Waals surface area contributed by atoms with Crippen molar-refractivity contribution in [2.75, 3.05) is 18.4 Å². The van der Waals surface area contributed by atoms with Crippen molar-refractivity contribution in [1.29, 1.82) is 0 Å². The van der Waals surface area contributed by atoms with E-state index in [0.717, 1.165) is 35.3 Å². The number of likely N-dealkylation sites (tertiary alicyclic amines) is 1. The first kappa shape index (κ1) is 20.8. The van der Waals surface area contributed by atoms with Gasteiger partial charge in [-0.2, -0.15) is 0 Å². The van der Waals surface area contributed by atoms with Gasteiger partial charge in [-0.25, -0.2) is 4.98 Å². The van der Waals surface area contributed by atoms with Gasteiger partial charge in [-0.15, -0.1) is 0 Å². The number of amides is 2. The predicted molar refractivity (Wildman–Crippen MR) is 123 cm³/mol. The Morgan fingerprint density at radius 1 is 0.968 bits per heavy atom. The largest absolute Gasteiger partial charge is 0.337 e. The number of hydrogen-bond donors (Lipinski definition) is 1. The van der Waals surface area contributed by atoms with Crippen molar-refractivity contribution in [1.82, 2.24) is 9.88 Å². The molecule has 0 spiro atoms. The summed E-state index contributed by atoms with van der Waals surface area (Å²) in [7, 11) is 0. The number of carbonyl (C=O) groups excluding carboxylic acids is 2. The molecule has 2 amide bonds. The molecule has 1 aliphatic heterocycles. The number of rotatable bonds is 4. The average molecular weight is 414 g/mol. The lowest BCUT2D eigenvalue weighted by Crippen LogP contribution is -2.44. The molecule has 1 aliphatic rings. The van der Waals surface area contributed by atoms with E-state index in [9.17, 15) is 9.59 Å². The number of anilines is 1. The average Bonchev–Trinajstić information content (AvgIpc) is 2.79. The minimum Gasteiger partial charge on any atom is -0.337 e. The summed E-state index contributed by atoms with van der Waals surface area (Å²) in [6.07, 6.45) is 1.58. The van der Waals surface area contributed by atoms with Gasteiger partial charge in [0.1, 0.15) is 5.69 Å². The monoisotopic (exact) mass is 413 g/mol. The molecule has 31 heavy (non-hydrogen) atoms. The van der Waals surface area contributed by atoms with Gasteiger partial charge in [0, 0.05) is 24.5 Å². The zero-order chi connectivity index (χ0) is 21.8. The number of nitrogens with zero attached hydrogens (tertiary/aromatic N) is 2. The second-order valence-electron chi connectivity index (χ2n) is 8.19. The summed E-state index contributed by atoms with van der Waals surface area (Å²) in [5.74, 6) is -0.385. The van der Waals surface area contributed by atoms with Gasteiger partial charge in [0.2, 0.25) is 5.91 Å². The number of aromatic nitrogens is 1. The van der Waals surface area contributed by atoms with Crippen molar-refractivity contribution in [2.45, 2.75) is 26.7 Å². The van der Waals surface area contributed by atoms with Crippen LogP contribution in [0.15, 0.2) is 66.7 Å². The van der Waals surface area contributed by atoms with Crippen LogP contribution in [0.25, 0.3) is 11.1 Å². The van der Waals surface area contributed by atoms with E-state index < -0.39 is 0 Å². The van der Waals surface area contributed by atoms with Crippen LogP contribution in [0.1, 0.15) is 34.6 Å². The summed E-state index contributed by atoms with van der Waals surface area (Å²) < 4.78 is 0. The van der Waals surface area contributed by atoms with E-state index >= 15 is 0 Å². The van der Waals surface area contributed by atoms with Crippen LogP contribution in [0.4, 0.5) is 5.69 Å². The Bertz CT molecular complexity index is 1110. The van der Waals surface area contributed by atoms with E-state index in [0.29, 0.717) is 18.8 Å². The molecule has 0 radical (unpaired) electrons. The lowest BCUT2D eigenvalue weighted by atomic mass is 9.96. The number of piperidine rings is 1. The SMILES string of the molecule is Cc1cccc(-c2cccc(NC(=O)C3CCCN(C(=O)c4cccc(C)n4)C3)c2)c1. The summed E-state index contributed by atoms with van der Waals surface area (Å²) in [5.41, 5.74) is 5.40. The molecule has 1 atom stereocenters. The maximum Gasteiger partial charge on any atom is 0.272 e. The molecule has 1 N–H and O–H groups in total. The molecule has 1 aromatic heterocycles. The molecule has 0 bridgehead atoms. The molecule has 0 aliphatic carbocycles. The molecule has 1 fully saturated rings. The number of nitrogens with one attached hydrogen (secondary N) is 1. The lowest BCUT2D eigenvalue weighted by Gasteiger charge is -2.32. The summed E-state index contributed by atoms with van der Waals surface area (Å²) in [4.78, 5) is 31.9. The molecule has 2 aromatic carbocycles. The van der Waals surface area contributed by atoms with Crippen molar-refractivity contribution in [3.63, 3.8) is 0 Å². The molecular weight excluding hydrogens is 386 g/mol. The van der Waals surface area contributed by atoms with Gasteiger partial charge in [-0.05, 0) is 62.1 Å². The number of hydrogen-bond acceptors (Lipinski definition) is 3. The second kappa shape index (κ2) is 9.13. The highest BCUT2D eigenvalue weighted by Gasteiger charge is 2.29. The smallest absolute Gasteiger partial charge is 0.272 e.